The summed E-state index contributed by atoms with van der Waals surface area (Å²) in [5.41, 5.74) is 0. The van der Waals surface area contributed by atoms with Crippen LogP contribution >= 0.6 is 0 Å². The van der Waals surface area contributed by atoms with Crippen molar-refractivity contribution in [1.82, 2.24) is 26.6 Å². The Hall–Kier alpha value is -4.18. The van der Waals surface area contributed by atoms with E-state index in [9.17, 15) is 28.8 Å². The van der Waals surface area contributed by atoms with Gasteiger partial charge in [-0.15, -0.1) is 0 Å². The number of carbonyl (C=O) groups excluding carboxylic acids is 5. The second-order valence-corrected chi connectivity index (χ2v) is 3.96. The fourth-order valence-electron chi connectivity index (χ4n) is 1.08. The van der Waals surface area contributed by atoms with Crippen LogP contribution in [0.2, 0.25) is 0 Å². The predicted molar refractivity (Wildman–Crippen MR) is 73.4 cm³/mol. The fourth-order valence-corrected chi connectivity index (χ4v) is 1.08. The van der Waals surface area contributed by atoms with E-state index < -0.39 is 55.8 Å². The maximum atomic E-state index is 11.3. The number of carboxylic acids is 1. The number of nitrogens with one attached hydrogen (secondary N) is 5. The summed E-state index contributed by atoms with van der Waals surface area (Å²) in [7, 11) is 0. The van der Waals surface area contributed by atoms with Crippen molar-refractivity contribution in [3.8, 4) is 0 Å². The molecule has 13 heteroatoms. The topological polar surface area (TPSA) is 183 Å². The first kappa shape index (κ1) is 22.1. The average Bonchev–Trinajstić information content (AvgIpc) is 2.52. The minimum Gasteiger partial charge on any atom is -0.522 e. The summed E-state index contributed by atoms with van der Waals surface area (Å²) in [5, 5.41) is 18.8. The van der Waals surface area contributed by atoms with Crippen LogP contribution in [0.15, 0.2) is 0 Å². The molecule has 0 atom stereocenters. The predicted octanol–water partition coefficient (Wildman–Crippen LogP) is -4.81. The molecule has 0 aromatic carbocycles. The van der Waals surface area contributed by atoms with Gasteiger partial charge in [-0.05, 0) is 0 Å². The molecule has 24 heavy (non-hydrogen) atoms. The maximum Gasteiger partial charge on any atom is 0.322 e. The number of rotatable bonds is 11. The van der Waals surface area contributed by atoms with Gasteiger partial charge in [-0.25, -0.2) is 0 Å². The van der Waals surface area contributed by atoms with Crippen molar-refractivity contribution in [2.24, 2.45) is 0 Å². The van der Waals surface area contributed by atoms with Gasteiger partial charge in [0.1, 0.15) is 6.54 Å². The van der Waals surface area contributed by atoms with Crippen LogP contribution in [0.3, 0.4) is 0 Å². The van der Waals surface area contributed by atoms with Gasteiger partial charge in [0.15, 0.2) is 0 Å². The summed E-state index contributed by atoms with van der Waals surface area (Å²) in [4.78, 5) is 64.7. The van der Waals surface area contributed by atoms with Gasteiger partial charge < -0.3 is 36.5 Å². The second-order valence-electron chi connectivity index (χ2n) is 3.96. The Morgan fingerprint density at radius 3 is 1.33 bits per heavy atom. The average molecular weight is 587 g/mol. The first-order valence-corrected chi connectivity index (χ1v) is 6.23. The van der Waals surface area contributed by atoms with Gasteiger partial charge in [0, 0.05) is 0 Å². The number of hydrogen-bond donors (Lipinski definition) is 6. The monoisotopic (exact) mass is 587 g/mol. The Morgan fingerprint density at radius 1 is 0.667 bits per heavy atom. The first-order chi connectivity index (χ1) is 10.8. The largest absolute Gasteiger partial charge is 0.522 e. The van der Waals surface area contributed by atoms with Crippen LogP contribution in [0.4, 0.5) is 0 Å². The zero-order valence-corrected chi connectivity index (χ0v) is 14.6. The molecule has 0 radical (unpaired) electrons. The van der Waals surface area contributed by atoms with Gasteiger partial charge in [-0.1, -0.05) is 0 Å². The molecule has 0 aromatic rings. The minimum atomic E-state index is -1.22. The van der Waals surface area contributed by atoms with E-state index in [0.717, 1.165) is 0 Å². The standard InChI is InChI=1S/C11H16N5O7.Fm/c17-6-12-1-7(18)13-2-8(19)14-3-9(20)15-4-10(21)16-5-11(22)23;/h1-5H2,(H,12,17)(H,13,18)(H,14,19)(H,15,20)(H,16,21)(H,22,23);/q-1;. The summed E-state index contributed by atoms with van der Waals surface area (Å²) in [6.45, 7) is -2.16. The Kier molecular flexibility index (Phi) is 11.6. The molecule has 0 fully saturated rings. The zero-order chi connectivity index (χ0) is 17.7. The van der Waals surface area contributed by atoms with E-state index in [-0.39, 0.29) is 6.54 Å². The third-order valence-electron chi connectivity index (χ3n) is 2.10. The molecule has 0 spiro atoms. The van der Waals surface area contributed by atoms with E-state index in [1.165, 1.54) is 6.41 Å². The van der Waals surface area contributed by atoms with E-state index in [4.69, 9.17) is 5.11 Å². The van der Waals surface area contributed by atoms with E-state index in [2.05, 4.69) is 16.0 Å². The fraction of sp³-hybridized carbons (Fsp3) is 0.455. The van der Waals surface area contributed by atoms with Crippen molar-refractivity contribution in [1.29, 1.82) is 0 Å². The number of aliphatic carboxylic acids is 1. The molecular formula is C11H16FmN5O7-. The molecule has 0 bridgehead atoms. The third kappa shape index (κ3) is 12.8. The van der Waals surface area contributed by atoms with E-state index in [0.29, 0.717) is 0 Å². The van der Waals surface area contributed by atoms with Gasteiger partial charge >= 0.3 is 5.97 Å². The van der Waals surface area contributed by atoms with Crippen LogP contribution in [0, 0.1) is 0 Å². The Bertz CT molecular complexity index is 485. The molecule has 12 nitrogen and oxygen atoms in total. The first-order valence-electron chi connectivity index (χ1n) is 6.23. The van der Waals surface area contributed by atoms with E-state index >= 15 is 0 Å². The molecule has 0 rings (SSSR count). The molecule has 0 aromatic heterocycles. The molecule has 140 valence electrons. The van der Waals surface area contributed by atoms with Crippen molar-refractivity contribution < 1.29 is 33.9 Å². The van der Waals surface area contributed by atoms with Crippen LogP contribution in [0.1, 0.15) is 0 Å². The molecule has 6 N–H and O–H groups in total. The van der Waals surface area contributed by atoms with E-state index in [1.54, 1.807) is 0 Å². The summed E-state index contributed by atoms with van der Waals surface area (Å²) in [5.74, 6) is -3.85. The van der Waals surface area contributed by atoms with Gasteiger partial charge in [0.2, 0.25) is 23.6 Å². The number of hydrogen-bond acceptors (Lipinski definition) is 6. The molecule has 0 aliphatic heterocycles. The van der Waals surface area contributed by atoms with Crippen molar-refractivity contribution in [2.45, 2.75) is 0 Å². The molecule has 0 unspecified atom stereocenters. The number of carbonyl (C=O) groups is 5. The Balaban J connectivity index is 0. The molecule has 0 heterocycles. The zero-order valence-electron chi connectivity index (χ0n) is 12.2. The quantitative estimate of drug-likeness (QED) is 0.104. The van der Waals surface area contributed by atoms with Crippen LogP contribution in [0.25, 0.3) is 0 Å². The molecule has 0 saturated heterocycles. The van der Waals surface area contributed by atoms with Gasteiger partial charge in [-0.3, -0.25) is 24.0 Å². The van der Waals surface area contributed by atoms with Crippen molar-refractivity contribution in [3.63, 3.8) is 0 Å². The molecule has 5 amide bonds. The van der Waals surface area contributed by atoms with Gasteiger partial charge in [0.05, 0.1) is 26.2 Å². The van der Waals surface area contributed by atoms with Crippen molar-refractivity contribution >= 4 is 36.0 Å². The second kappa shape index (κ2) is 12.6. The molecule has 0 saturated carbocycles. The van der Waals surface area contributed by atoms with Crippen molar-refractivity contribution in [2.75, 3.05) is 32.7 Å². The Labute approximate surface area is 130 Å². The van der Waals surface area contributed by atoms with Gasteiger partial charge in [0.25, 0.3) is 0 Å². The van der Waals surface area contributed by atoms with Crippen LogP contribution in [-0.4, -0.2) is 73.8 Å². The summed E-state index contributed by atoms with van der Waals surface area (Å²) < 4.78 is 0. The normalized spacial score (nSPS) is 8.83. The third-order valence-corrected chi connectivity index (χ3v) is 2.10. The molecule has 0 aliphatic rings. The van der Waals surface area contributed by atoms with Gasteiger partial charge in [-0.2, -0.15) is 6.41 Å². The molecule has 0 aliphatic carbocycles. The summed E-state index contributed by atoms with van der Waals surface area (Å²) in [6, 6.07) is 0. The van der Waals surface area contributed by atoms with Crippen LogP contribution in [0.5, 0.6) is 0 Å². The van der Waals surface area contributed by atoms with Crippen LogP contribution in [-0.2, 0) is 28.8 Å². The molecular weight excluding hydrogens is 571 g/mol. The smallest absolute Gasteiger partial charge is 0.322 e. The summed E-state index contributed by atoms with van der Waals surface area (Å²) >= 11 is 0. The Morgan fingerprint density at radius 2 is 1.00 bits per heavy atom. The minimum absolute atomic E-state index is 0. The van der Waals surface area contributed by atoms with Crippen molar-refractivity contribution in [3.05, 3.63) is 0 Å². The number of carboxylic acid groups (broad SMARTS) is 1. The van der Waals surface area contributed by atoms with E-state index in [1.807, 2.05) is 10.6 Å². The number of amides is 5. The summed E-state index contributed by atoms with van der Waals surface area (Å²) in [6.07, 6.45) is 1.29. The van der Waals surface area contributed by atoms with Crippen LogP contribution < -0.4 is 26.6 Å². The SMILES string of the molecule is O=[C-]NCC(=O)NCC(=O)NCC(=O)NCC(=O)NCC(=O)O.[Fm]. The maximum absolute atomic E-state index is 11.3.